The maximum absolute atomic E-state index is 13.8. The minimum atomic E-state index is -4.15. The van der Waals surface area contributed by atoms with Crippen LogP contribution in [0.1, 0.15) is 23.6 Å². The molecule has 1 heterocycles. The number of benzene rings is 3. The Balaban J connectivity index is 1.60. The van der Waals surface area contributed by atoms with Crippen molar-refractivity contribution in [1.29, 1.82) is 0 Å². The van der Waals surface area contributed by atoms with E-state index in [-0.39, 0.29) is 6.42 Å². The van der Waals surface area contributed by atoms with Crippen molar-refractivity contribution in [3.05, 3.63) is 126 Å². The molecule has 0 aliphatic heterocycles. The van der Waals surface area contributed by atoms with Crippen LogP contribution in [0.15, 0.2) is 109 Å². The van der Waals surface area contributed by atoms with E-state index in [1.165, 1.54) is 11.0 Å². The number of hydrogen-bond acceptors (Lipinski definition) is 5. The topological polar surface area (TPSA) is 101 Å². The molecule has 39 heavy (non-hydrogen) atoms. The number of imidazole rings is 1. The highest BCUT2D eigenvalue weighted by atomic mass is 32.2. The van der Waals surface area contributed by atoms with Crippen molar-refractivity contribution >= 4 is 33.6 Å². The summed E-state index contributed by atoms with van der Waals surface area (Å²) in [5.74, 6) is -2.64. The van der Waals surface area contributed by atoms with Gasteiger partial charge in [-0.3, -0.25) is 9.59 Å². The highest BCUT2D eigenvalue weighted by Gasteiger charge is 2.33. The minimum Gasteiger partial charge on any atom is -0.333 e. The standard InChI is InChI=1S/C30H30N4O4S/c1-2-34(27-14-7-4-8-15-27)30(36)28(21-25-12-9-13-26(20-25)22-33-18-17-31-23-33)29(35)32-39(37,38)19-16-24-10-5-3-6-11-24/h3-20,23,28H,2,21-22H2,1H3,(H,32,35). The van der Waals surface area contributed by atoms with Gasteiger partial charge in [0.15, 0.2) is 0 Å². The molecule has 1 aromatic heterocycles. The van der Waals surface area contributed by atoms with Crippen molar-refractivity contribution in [2.75, 3.05) is 11.4 Å². The fourth-order valence-corrected chi connectivity index (χ4v) is 5.04. The quantitative estimate of drug-likeness (QED) is 0.286. The molecule has 1 unspecified atom stereocenters. The molecule has 0 spiro atoms. The van der Waals surface area contributed by atoms with E-state index >= 15 is 0 Å². The molecule has 1 N–H and O–H groups in total. The molecular formula is C30H30N4O4S. The number of sulfonamides is 1. The molecule has 4 aromatic rings. The van der Waals surface area contributed by atoms with Crippen molar-refractivity contribution < 1.29 is 18.0 Å². The van der Waals surface area contributed by atoms with Gasteiger partial charge in [0.05, 0.1) is 11.7 Å². The molecule has 0 aliphatic carbocycles. The Morgan fingerprint density at radius 1 is 0.974 bits per heavy atom. The lowest BCUT2D eigenvalue weighted by Crippen LogP contribution is -2.46. The van der Waals surface area contributed by atoms with E-state index in [1.54, 1.807) is 61.1 Å². The average molecular weight is 543 g/mol. The highest BCUT2D eigenvalue weighted by molar-refractivity contribution is 7.93. The molecular weight excluding hydrogens is 512 g/mol. The second-order valence-electron chi connectivity index (χ2n) is 8.95. The Labute approximate surface area is 228 Å². The van der Waals surface area contributed by atoms with Gasteiger partial charge in [-0.25, -0.2) is 18.1 Å². The smallest absolute Gasteiger partial charge is 0.257 e. The number of carbonyl (C=O) groups excluding carboxylic acids is 2. The Hall–Kier alpha value is -4.50. The summed E-state index contributed by atoms with van der Waals surface area (Å²) >= 11 is 0. The maximum Gasteiger partial charge on any atom is 0.257 e. The van der Waals surface area contributed by atoms with E-state index in [2.05, 4.69) is 9.71 Å². The number of aromatic nitrogens is 2. The Bertz CT molecular complexity index is 1520. The van der Waals surface area contributed by atoms with E-state index in [4.69, 9.17) is 0 Å². The van der Waals surface area contributed by atoms with Crippen LogP contribution in [0, 0.1) is 5.92 Å². The van der Waals surface area contributed by atoms with Gasteiger partial charge in [-0.15, -0.1) is 0 Å². The van der Waals surface area contributed by atoms with Crippen LogP contribution in [0.25, 0.3) is 6.08 Å². The lowest BCUT2D eigenvalue weighted by Gasteiger charge is -2.26. The third-order valence-electron chi connectivity index (χ3n) is 6.10. The van der Waals surface area contributed by atoms with Crippen LogP contribution in [0.3, 0.4) is 0 Å². The van der Waals surface area contributed by atoms with Crippen molar-refractivity contribution in [3.8, 4) is 0 Å². The Morgan fingerprint density at radius 2 is 1.67 bits per heavy atom. The monoisotopic (exact) mass is 542 g/mol. The van der Waals surface area contributed by atoms with Crippen LogP contribution < -0.4 is 9.62 Å². The predicted octanol–water partition coefficient (Wildman–Crippen LogP) is 4.26. The van der Waals surface area contributed by atoms with Gasteiger partial charge in [0, 0.05) is 31.2 Å². The van der Waals surface area contributed by atoms with Crippen molar-refractivity contribution in [3.63, 3.8) is 0 Å². The third-order valence-corrected chi connectivity index (χ3v) is 7.08. The molecule has 0 saturated heterocycles. The second-order valence-corrected chi connectivity index (χ2v) is 10.5. The lowest BCUT2D eigenvalue weighted by molar-refractivity contribution is -0.132. The molecule has 200 valence electrons. The first kappa shape index (κ1) is 27.5. The average Bonchev–Trinajstić information content (AvgIpc) is 3.45. The Morgan fingerprint density at radius 3 is 2.33 bits per heavy atom. The van der Waals surface area contributed by atoms with Crippen LogP contribution in [-0.4, -0.2) is 36.3 Å². The van der Waals surface area contributed by atoms with Gasteiger partial charge in [-0.2, -0.15) is 0 Å². The first-order valence-electron chi connectivity index (χ1n) is 12.5. The SMILES string of the molecule is CCN(C(=O)C(Cc1cccc(Cn2ccnc2)c1)C(=O)NS(=O)(=O)C=Cc1ccccc1)c1ccccc1. The van der Waals surface area contributed by atoms with Crippen LogP contribution in [0.4, 0.5) is 5.69 Å². The molecule has 1 atom stereocenters. The van der Waals surface area contributed by atoms with E-state index in [9.17, 15) is 18.0 Å². The van der Waals surface area contributed by atoms with Gasteiger partial charge in [-0.05, 0) is 48.2 Å². The zero-order valence-electron chi connectivity index (χ0n) is 21.6. The molecule has 3 aromatic carbocycles. The molecule has 4 rings (SSSR count). The van der Waals surface area contributed by atoms with Crippen molar-refractivity contribution in [1.82, 2.24) is 14.3 Å². The van der Waals surface area contributed by atoms with Crippen LogP contribution in [0.2, 0.25) is 0 Å². The van der Waals surface area contributed by atoms with Gasteiger partial charge >= 0.3 is 0 Å². The number of carbonyl (C=O) groups is 2. The number of para-hydroxylation sites is 1. The van der Waals surface area contributed by atoms with Gasteiger partial charge < -0.3 is 9.47 Å². The molecule has 0 bridgehead atoms. The van der Waals surface area contributed by atoms with E-state index < -0.39 is 27.8 Å². The molecule has 9 heteroatoms. The van der Waals surface area contributed by atoms with Crippen molar-refractivity contribution in [2.24, 2.45) is 5.92 Å². The molecule has 0 aliphatic rings. The first-order chi connectivity index (χ1) is 18.8. The highest BCUT2D eigenvalue weighted by Crippen LogP contribution is 2.20. The fourth-order valence-electron chi connectivity index (χ4n) is 4.21. The molecule has 0 saturated carbocycles. The van der Waals surface area contributed by atoms with Gasteiger partial charge in [0.25, 0.3) is 10.0 Å². The number of nitrogens with one attached hydrogen (secondary N) is 1. The number of nitrogens with zero attached hydrogens (tertiary/aromatic N) is 3. The number of hydrogen-bond donors (Lipinski definition) is 1. The van der Waals surface area contributed by atoms with Gasteiger partial charge in [-0.1, -0.05) is 72.8 Å². The largest absolute Gasteiger partial charge is 0.333 e. The summed E-state index contributed by atoms with van der Waals surface area (Å²) in [6.07, 6.45) is 6.68. The molecule has 0 fully saturated rings. The summed E-state index contributed by atoms with van der Waals surface area (Å²) in [5.41, 5.74) is 3.00. The number of anilines is 1. The van der Waals surface area contributed by atoms with E-state index in [0.29, 0.717) is 24.3 Å². The normalized spacial score (nSPS) is 12.2. The second kappa shape index (κ2) is 12.8. The van der Waals surface area contributed by atoms with Crippen LogP contribution in [0.5, 0.6) is 0 Å². The van der Waals surface area contributed by atoms with Gasteiger partial charge in [0.2, 0.25) is 11.8 Å². The van der Waals surface area contributed by atoms with E-state index in [1.807, 2.05) is 54.1 Å². The fraction of sp³-hybridized carbons (Fsp3) is 0.167. The Kier molecular flexibility index (Phi) is 9.06. The molecule has 0 radical (unpaired) electrons. The number of amides is 2. The van der Waals surface area contributed by atoms with Crippen LogP contribution >= 0.6 is 0 Å². The summed E-state index contributed by atoms with van der Waals surface area (Å²) in [6.45, 7) is 2.70. The zero-order valence-corrected chi connectivity index (χ0v) is 22.4. The van der Waals surface area contributed by atoms with Crippen LogP contribution in [-0.2, 0) is 32.6 Å². The van der Waals surface area contributed by atoms with Crippen molar-refractivity contribution in [2.45, 2.75) is 19.9 Å². The van der Waals surface area contributed by atoms with Gasteiger partial charge in [0.1, 0.15) is 5.92 Å². The summed E-state index contributed by atoms with van der Waals surface area (Å²) in [4.78, 5) is 32.7. The lowest BCUT2D eigenvalue weighted by atomic mass is 9.95. The molecule has 2 amide bonds. The minimum absolute atomic E-state index is 0.0314. The summed E-state index contributed by atoms with van der Waals surface area (Å²) in [6, 6.07) is 25.4. The summed E-state index contributed by atoms with van der Waals surface area (Å²) in [5, 5.41) is 0.933. The number of rotatable bonds is 11. The summed E-state index contributed by atoms with van der Waals surface area (Å²) in [7, 11) is -4.15. The first-order valence-corrected chi connectivity index (χ1v) is 14.1. The van der Waals surface area contributed by atoms with E-state index in [0.717, 1.165) is 16.5 Å². The molecule has 8 nitrogen and oxygen atoms in total. The predicted molar refractivity (Wildman–Crippen MR) is 152 cm³/mol. The zero-order chi connectivity index (χ0) is 27.7. The summed E-state index contributed by atoms with van der Waals surface area (Å²) < 4.78 is 29.6. The maximum atomic E-state index is 13.8. The third kappa shape index (κ3) is 7.75.